The van der Waals surface area contributed by atoms with Crippen LogP contribution in [0.25, 0.3) is 0 Å². The van der Waals surface area contributed by atoms with Crippen molar-refractivity contribution >= 4 is 23.5 Å². The van der Waals surface area contributed by atoms with Crippen molar-refractivity contribution in [1.29, 1.82) is 0 Å². The average Bonchev–Trinajstić information content (AvgIpc) is 2.87. The fourth-order valence-electron chi connectivity index (χ4n) is 2.06. The van der Waals surface area contributed by atoms with Crippen LogP contribution in [0.2, 0.25) is 5.28 Å². The summed E-state index contributed by atoms with van der Waals surface area (Å²) in [6, 6.07) is 0. The molecule has 0 radical (unpaired) electrons. The first-order chi connectivity index (χ1) is 9.15. The maximum Gasteiger partial charge on any atom is 0.230 e. The highest BCUT2D eigenvalue weighted by Gasteiger charge is 2.14. The van der Waals surface area contributed by atoms with Gasteiger partial charge in [0.1, 0.15) is 0 Å². The fraction of sp³-hybridized carbons (Fsp3) is 0.750. The fourth-order valence-corrected chi connectivity index (χ4v) is 2.22. The normalized spacial score (nSPS) is 15.7. The van der Waals surface area contributed by atoms with Gasteiger partial charge in [0.05, 0.1) is 12.7 Å². The third kappa shape index (κ3) is 4.47. The summed E-state index contributed by atoms with van der Waals surface area (Å²) < 4.78 is 5.76. The van der Waals surface area contributed by atoms with Crippen LogP contribution < -0.4 is 10.2 Å². The van der Waals surface area contributed by atoms with Gasteiger partial charge in [0.25, 0.3) is 0 Å². The van der Waals surface area contributed by atoms with Crippen molar-refractivity contribution < 1.29 is 4.74 Å². The van der Waals surface area contributed by atoms with E-state index in [2.05, 4.69) is 20.3 Å². The number of halogens is 1. The largest absolute Gasteiger partial charge is 0.376 e. The summed E-state index contributed by atoms with van der Waals surface area (Å²) in [6.07, 6.45) is 5.37. The molecule has 0 spiro atoms. The molecule has 1 aromatic heterocycles. The third-order valence-electron chi connectivity index (χ3n) is 3.04. The minimum Gasteiger partial charge on any atom is -0.376 e. The SMILES string of the molecule is CN(C)c1nc(Cl)nc(NCCOC2CCCC2)n1. The number of aromatic nitrogens is 3. The Morgan fingerprint density at radius 3 is 2.68 bits per heavy atom. The maximum atomic E-state index is 5.85. The molecular formula is C12H20ClN5O. The number of hydrogen-bond donors (Lipinski definition) is 1. The van der Waals surface area contributed by atoms with Gasteiger partial charge in [0, 0.05) is 20.6 Å². The van der Waals surface area contributed by atoms with Gasteiger partial charge in [-0.2, -0.15) is 15.0 Å². The summed E-state index contributed by atoms with van der Waals surface area (Å²) in [4.78, 5) is 14.1. The lowest BCUT2D eigenvalue weighted by Crippen LogP contribution is -2.18. The van der Waals surface area contributed by atoms with E-state index in [9.17, 15) is 0 Å². The minimum atomic E-state index is 0.193. The Hall–Kier alpha value is -1.14. The molecule has 0 aromatic carbocycles. The number of nitrogens with zero attached hydrogens (tertiary/aromatic N) is 4. The second-order valence-electron chi connectivity index (χ2n) is 4.83. The zero-order valence-corrected chi connectivity index (χ0v) is 12.2. The zero-order chi connectivity index (χ0) is 13.7. The molecule has 7 heteroatoms. The Balaban J connectivity index is 1.78. The second kappa shape index (κ2) is 6.86. The van der Waals surface area contributed by atoms with E-state index in [4.69, 9.17) is 16.3 Å². The average molecular weight is 286 g/mol. The van der Waals surface area contributed by atoms with Crippen molar-refractivity contribution in [1.82, 2.24) is 15.0 Å². The Morgan fingerprint density at radius 1 is 1.26 bits per heavy atom. The number of ether oxygens (including phenoxy) is 1. The van der Waals surface area contributed by atoms with Gasteiger partial charge in [-0.15, -0.1) is 0 Å². The van der Waals surface area contributed by atoms with E-state index in [0.29, 0.717) is 31.2 Å². The Morgan fingerprint density at radius 2 is 2.00 bits per heavy atom. The van der Waals surface area contributed by atoms with Crippen molar-refractivity contribution in [3.8, 4) is 0 Å². The van der Waals surface area contributed by atoms with Gasteiger partial charge in [-0.1, -0.05) is 12.8 Å². The van der Waals surface area contributed by atoms with E-state index in [1.54, 1.807) is 4.90 Å². The molecule has 1 fully saturated rings. The lowest BCUT2D eigenvalue weighted by atomic mass is 10.3. The molecule has 1 aliphatic rings. The molecule has 0 amide bonds. The van der Waals surface area contributed by atoms with E-state index in [-0.39, 0.29) is 5.28 Å². The Bertz CT molecular complexity index is 409. The zero-order valence-electron chi connectivity index (χ0n) is 11.4. The lowest BCUT2D eigenvalue weighted by Gasteiger charge is -2.13. The number of nitrogens with one attached hydrogen (secondary N) is 1. The molecule has 0 bridgehead atoms. The van der Waals surface area contributed by atoms with Crippen molar-refractivity contribution in [2.45, 2.75) is 31.8 Å². The highest BCUT2D eigenvalue weighted by molar-refractivity contribution is 6.28. The Kier molecular flexibility index (Phi) is 5.15. The summed E-state index contributed by atoms with van der Waals surface area (Å²) in [6.45, 7) is 1.33. The molecule has 0 unspecified atom stereocenters. The van der Waals surface area contributed by atoms with E-state index >= 15 is 0 Å². The molecule has 1 aliphatic carbocycles. The van der Waals surface area contributed by atoms with Crippen molar-refractivity contribution in [2.24, 2.45) is 0 Å². The van der Waals surface area contributed by atoms with Gasteiger partial charge >= 0.3 is 0 Å². The summed E-state index contributed by atoms with van der Waals surface area (Å²) in [5.74, 6) is 1.03. The number of hydrogen-bond acceptors (Lipinski definition) is 6. The molecule has 1 N–H and O–H groups in total. The summed E-state index contributed by atoms with van der Waals surface area (Å²) in [7, 11) is 3.72. The van der Waals surface area contributed by atoms with E-state index in [0.717, 1.165) is 0 Å². The molecular weight excluding hydrogens is 266 g/mol. The Labute approximate surface area is 118 Å². The number of rotatable bonds is 6. The van der Waals surface area contributed by atoms with Gasteiger partial charge < -0.3 is 15.0 Å². The van der Waals surface area contributed by atoms with Gasteiger partial charge in [0.15, 0.2) is 0 Å². The molecule has 19 heavy (non-hydrogen) atoms. The monoisotopic (exact) mass is 285 g/mol. The predicted molar refractivity (Wildman–Crippen MR) is 75.9 cm³/mol. The third-order valence-corrected chi connectivity index (χ3v) is 3.21. The molecule has 0 atom stereocenters. The van der Waals surface area contributed by atoms with Gasteiger partial charge in [0.2, 0.25) is 17.2 Å². The van der Waals surface area contributed by atoms with Crippen molar-refractivity contribution in [3.05, 3.63) is 5.28 Å². The first kappa shape index (κ1) is 14.3. The van der Waals surface area contributed by atoms with Crippen LogP contribution in [-0.2, 0) is 4.74 Å². The number of anilines is 2. The first-order valence-corrected chi connectivity index (χ1v) is 6.97. The van der Waals surface area contributed by atoms with Crippen LogP contribution in [0, 0.1) is 0 Å². The van der Waals surface area contributed by atoms with Crippen molar-refractivity contribution in [3.63, 3.8) is 0 Å². The first-order valence-electron chi connectivity index (χ1n) is 6.59. The molecule has 0 saturated heterocycles. The van der Waals surface area contributed by atoms with Gasteiger partial charge in [-0.25, -0.2) is 0 Å². The van der Waals surface area contributed by atoms with Crippen molar-refractivity contribution in [2.75, 3.05) is 37.5 Å². The quantitative estimate of drug-likeness (QED) is 0.806. The summed E-state index contributed by atoms with van der Waals surface area (Å²) >= 11 is 5.85. The highest BCUT2D eigenvalue weighted by atomic mass is 35.5. The molecule has 0 aliphatic heterocycles. The van der Waals surface area contributed by atoms with Crippen LogP contribution >= 0.6 is 11.6 Å². The molecule has 1 aromatic rings. The lowest BCUT2D eigenvalue weighted by molar-refractivity contribution is 0.0658. The van der Waals surface area contributed by atoms with Crippen LogP contribution in [0.5, 0.6) is 0 Å². The van der Waals surface area contributed by atoms with Gasteiger partial charge in [-0.05, 0) is 24.4 Å². The second-order valence-corrected chi connectivity index (χ2v) is 5.16. The molecule has 6 nitrogen and oxygen atoms in total. The van der Waals surface area contributed by atoms with Crippen LogP contribution in [-0.4, -0.2) is 48.3 Å². The summed E-state index contributed by atoms with van der Waals surface area (Å²) in [5.41, 5.74) is 0. The van der Waals surface area contributed by atoms with E-state index < -0.39 is 0 Å². The van der Waals surface area contributed by atoms with E-state index in [1.807, 2.05) is 14.1 Å². The van der Waals surface area contributed by atoms with Crippen LogP contribution in [0.4, 0.5) is 11.9 Å². The van der Waals surface area contributed by atoms with Crippen LogP contribution in [0.15, 0.2) is 0 Å². The maximum absolute atomic E-state index is 5.85. The van der Waals surface area contributed by atoms with Crippen LogP contribution in [0.3, 0.4) is 0 Å². The van der Waals surface area contributed by atoms with Gasteiger partial charge in [-0.3, -0.25) is 0 Å². The highest BCUT2D eigenvalue weighted by Crippen LogP contribution is 2.20. The standard InChI is InChI=1S/C12H20ClN5O/c1-18(2)12-16-10(13)15-11(17-12)14-7-8-19-9-5-3-4-6-9/h9H,3-8H2,1-2H3,(H,14,15,16,17). The van der Waals surface area contributed by atoms with Crippen LogP contribution in [0.1, 0.15) is 25.7 Å². The molecule has 106 valence electrons. The molecule has 2 rings (SSSR count). The molecule has 1 saturated carbocycles. The topological polar surface area (TPSA) is 63.2 Å². The van der Waals surface area contributed by atoms with E-state index in [1.165, 1.54) is 25.7 Å². The molecule has 1 heterocycles. The predicted octanol–water partition coefficient (Wildman–Crippen LogP) is 1.96. The smallest absolute Gasteiger partial charge is 0.230 e. The summed E-state index contributed by atoms with van der Waals surface area (Å²) in [5, 5.41) is 3.30. The minimum absolute atomic E-state index is 0.193.